The maximum Gasteiger partial charge on any atom is 0.122 e. The molecule has 0 atom stereocenters. The number of thiocarbonyl (C=S) groups is 1. The van der Waals surface area contributed by atoms with Crippen LogP contribution in [-0.2, 0) is 6.54 Å². The molecule has 3 nitrogen and oxygen atoms in total. The highest BCUT2D eigenvalue weighted by atomic mass is 32.1. The second-order valence-corrected chi connectivity index (χ2v) is 5.53. The van der Waals surface area contributed by atoms with Crippen LogP contribution in [0.25, 0.3) is 0 Å². The average molecular weight is 263 g/mol. The molecule has 1 aromatic heterocycles. The summed E-state index contributed by atoms with van der Waals surface area (Å²) in [7, 11) is 0. The van der Waals surface area contributed by atoms with Crippen molar-refractivity contribution in [2.24, 2.45) is 11.7 Å². The number of aromatic nitrogens is 1. The Morgan fingerprint density at radius 2 is 2.33 bits per heavy atom. The zero-order chi connectivity index (χ0) is 13.0. The van der Waals surface area contributed by atoms with Crippen LogP contribution in [0, 0.1) is 5.92 Å². The maximum absolute atomic E-state index is 5.62. The van der Waals surface area contributed by atoms with Gasteiger partial charge in [-0.3, -0.25) is 9.88 Å². The molecule has 1 aliphatic carbocycles. The summed E-state index contributed by atoms with van der Waals surface area (Å²) in [6.07, 6.45) is 5.79. The Morgan fingerprint density at radius 1 is 1.56 bits per heavy atom. The zero-order valence-corrected chi connectivity index (χ0v) is 11.7. The van der Waals surface area contributed by atoms with Crippen LogP contribution < -0.4 is 5.73 Å². The monoisotopic (exact) mass is 263 g/mol. The van der Waals surface area contributed by atoms with Gasteiger partial charge in [-0.25, -0.2) is 0 Å². The van der Waals surface area contributed by atoms with Crippen LogP contribution in [0.2, 0.25) is 0 Å². The van der Waals surface area contributed by atoms with E-state index in [1.54, 1.807) is 6.20 Å². The molecule has 0 saturated heterocycles. The van der Waals surface area contributed by atoms with Gasteiger partial charge in [0.2, 0.25) is 0 Å². The second kappa shape index (κ2) is 6.25. The summed E-state index contributed by atoms with van der Waals surface area (Å²) in [6, 6.07) is 4.06. The summed E-state index contributed by atoms with van der Waals surface area (Å²) >= 11 is 4.97. The van der Waals surface area contributed by atoms with E-state index in [1.807, 2.05) is 6.07 Å². The first-order chi connectivity index (χ1) is 8.69. The molecule has 0 aliphatic heterocycles. The van der Waals surface area contributed by atoms with Crippen LogP contribution >= 0.6 is 12.2 Å². The van der Waals surface area contributed by atoms with Gasteiger partial charge in [0, 0.05) is 19.3 Å². The number of hydrogen-bond acceptors (Lipinski definition) is 3. The van der Waals surface area contributed by atoms with Crippen molar-refractivity contribution in [3.63, 3.8) is 0 Å². The van der Waals surface area contributed by atoms with E-state index in [1.165, 1.54) is 31.4 Å². The molecule has 1 aromatic rings. The highest BCUT2D eigenvalue weighted by molar-refractivity contribution is 7.80. The Labute approximate surface area is 114 Å². The lowest BCUT2D eigenvalue weighted by molar-refractivity contribution is 0.255. The van der Waals surface area contributed by atoms with Gasteiger partial charge in [0.15, 0.2) is 0 Å². The van der Waals surface area contributed by atoms with Crippen LogP contribution in [0.5, 0.6) is 0 Å². The number of nitrogens with two attached hydrogens (primary N) is 1. The minimum absolute atomic E-state index is 0.376. The van der Waals surface area contributed by atoms with Crippen molar-refractivity contribution in [3.05, 3.63) is 29.6 Å². The standard InChI is InChI=1S/C14H21N3S/c1-2-7-17(9-11-3-4-11)10-12-5-6-16-13(8-12)14(15)18/h5-6,8,11H,2-4,7,9-10H2,1H3,(H2,15,18). The summed E-state index contributed by atoms with van der Waals surface area (Å²) in [5.41, 5.74) is 7.60. The smallest absolute Gasteiger partial charge is 0.122 e. The van der Waals surface area contributed by atoms with E-state index in [4.69, 9.17) is 18.0 Å². The molecule has 0 unspecified atom stereocenters. The number of hydrogen-bond donors (Lipinski definition) is 1. The van der Waals surface area contributed by atoms with Crippen molar-refractivity contribution in [3.8, 4) is 0 Å². The summed E-state index contributed by atoms with van der Waals surface area (Å²) in [5, 5.41) is 0. The summed E-state index contributed by atoms with van der Waals surface area (Å²) in [6.45, 7) is 5.58. The Bertz CT molecular complexity index is 415. The number of pyridine rings is 1. The molecule has 1 heterocycles. The van der Waals surface area contributed by atoms with Crippen LogP contribution in [0.1, 0.15) is 37.4 Å². The van der Waals surface area contributed by atoms with Crippen molar-refractivity contribution in [2.45, 2.75) is 32.7 Å². The molecule has 0 amide bonds. The second-order valence-electron chi connectivity index (χ2n) is 5.09. The Hall–Kier alpha value is -1.00. The van der Waals surface area contributed by atoms with Crippen LogP contribution in [0.4, 0.5) is 0 Å². The summed E-state index contributed by atoms with van der Waals surface area (Å²) < 4.78 is 0. The topological polar surface area (TPSA) is 42.2 Å². The number of rotatable bonds is 7. The van der Waals surface area contributed by atoms with E-state index in [-0.39, 0.29) is 0 Å². The SMILES string of the molecule is CCCN(Cc1ccnc(C(N)=S)c1)CC1CC1. The van der Waals surface area contributed by atoms with Crippen LogP contribution in [0.3, 0.4) is 0 Å². The lowest BCUT2D eigenvalue weighted by atomic mass is 10.2. The molecule has 98 valence electrons. The molecule has 2 rings (SSSR count). The van der Waals surface area contributed by atoms with E-state index >= 15 is 0 Å². The van der Waals surface area contributed by atoms with E-state index in [0.717, 1.165) is 24.7 Å². The highest BCUT2D eigenvalue weighted by Gasteiger charge is 2.23. The van der Waals surface area contributed by atoms with E-state index in [9.17, 15) is 0 Å². The fraction of sp³-hybridized carbons (Fsp3) is 0.571. The predicted octanol–water partition coefficient (Wildman–Crippen LogP) is 2.34. The predicted molar refractivity (Wildman–Crippen MR) is 78.4 cm³/mol. The Morgan fingerprint density at radius 3 is 2.94 bits per heavy atom. The molecular weight excluding hydrogens is 242 g/mol. The molecule has 18 heavy (non-hydrogen) atoms. The lowest BCUT2D eigenvalue weighted by Crippen LogP contribution is -2.26. The van der Waals surface area contributed by atoms with Gasteiger partial charge < -0.3 is 5.73 Å². The summed E-state index contributed by atoms with van der Waals surface area (Å²) in [5.74, 6) is 0.924. The van der Waals surface area contributed by atoms with Crippen molar-refractivity contribution in [2.75, 3.05) is 13.1 Å². The Kier molecular flexibility index (Phi) is 4.66. The van der Waals surface area contributed by atoms with Gasteiger partial charge in [0.1, 0.15) is 4.99 Å². The van der Waals surface area contributed by atoms with Crippen molar-refractivity contribution >= 4 is 17.2 Å². The minimum atomic E-state index is 0.376. The molecule has 1 aliphatic rings. The molecule has 1 fully saturated rings. The van der Waals surface area contributed by atoms with Gasteiger partial charge in [0.25, 0.3) is 0 Å². The van der Waals surface area contributed by atoms with Gasteiger partial charge >= 0.3 is 0 Å². The first kappa shape index (κ1) is 13.4. The normalized spacial score (nSPS) is 15.0. The Balaban J connectivity index is 2.00. The summed E-state index contributed by atoms with van der Waals surface area (Å²) in [4.78, 5) is 7.08. The van der Waals surface area contributed by atoms with Gasteiger partial charge in [-0.1, -0.05) is 19.1 Å². The van der Waals surface area contributed by atoms with Crippen LogP contribution in [-0.4, -0.2) is 28.0 Å². The molecule has 4 heteroatoms. The lowest BCUT2D eigenvalue weighted by Gasteiger charge is -2.21. The zero-order valence-electron chi connectivity index (χ0n) is 10.9. The van der Waals surface area contributed by atoms with E-state index < -0.39 is 0 Å². The third kappa shape index (κ3) is 4.03. The molecule has 0 spiro atoms. The fourth-order valence-corrected chi connectivity index (χ4v) is 2.29. The largest absolute Gasteiger partial charge is 0.388 e. The van der Waals surface area contributed by atoms with E-state index in [0.29, 0.717) is 4.99 Å². The molecule has 1 saturated carbocycles. The first-order valence-corrected chi connectivity index (χ1v) is 7.07. The third-order valence-electron chi connectivity index (χ3n) is 3.24. The van der Waals surface area contributed by atoms with E-state index in [2.05, 4.69) is 22.9 Å². The number of nitrogens with zero attached hydrogens (tertiary/aromatic N) is 2. The van der Waals surface area contributed by atoms with Gasteiger partial charge in [-0.15, -0.1) is 0 Å². The molecular formula is C14H21N3S. The van der Waals surface area contributed by atoms with Gasteiger partial charge in [-0.2, -0.15) is 0 Å². The molecule has 0 radical (unpaired) electrons. The maximum atomic E-state index is 5.62. The third-order valence-corrected chi connectivity index (χ3v) is 3.45. The molecule has 0 bridgehead atoms. The molecule has 0 aromatic carbocycles. The fourth-order valence-electron chi connectivity index (χ4n) is 2.18. The molecule has 2 N–H and O–H groups in total. The van der Waals surface area contributed by atoms with Crippen LogP contribution in [0.15, 0.2) is 18.3 Å². The highest BCUT2D eigenvalue weighted by Crippen LogP contribution is 2.30. The van der Waals surface area contributed by atoms with Crippen molar-refractivity contribution in [1.82, 2.24) is 9.88 Å². The average Bonchev–Trinajstić information content (AvgIpc) is 3.13. The van der Waals surface area contributed by atoms with Crippen molar-refractivity contribution < 1.29 is 0 Å². The van der Waals surface area contributed by atoms with Gasteiger partial charge in [0.05, 0.1) is 5.69 Å². The van der Waals surface area contributed by atoms with Crippen molar-refractivity contribution in [1.29, 1.82) is 0 Å². The quantitative estimate of drug-likeness (QED) is 0.767. The van der Waals surface area contributed by atoms with Gasteiger partial charge in [-0.05, 0) is 49.4 Å². The first-order valence-electron chi connectivity index (χ1n) is 6.66. The minimum Gasteiger partial charge on any atom is -0.388 e.